The van der Waals surface area contributed by atoms with E-state index in [9.17, 15) is 0 Å². The van der Waals surface area contributed by atoms with Crippen molar-refractivity contribution in [3.8, 4) is 0 Å². The second-order valence-corrected chi connectivity index (χ2v) is 6.88. The van der Waals surface area contributed by atoms with Gasteiger partial charge in [0.15, 0.2) is 0 Å². The number of hydrogen-bond acceptors (Lipinski definition) is 2. The van der Waals surface area contributed by atoms with Gasteiger partial charge in [-0.3, -0.25) is 0 Å². The van der Waals surface area contributed by atoms with Gasteiger partial charge in [0.05, 0.1) is 5.88 Å². The average molecular weight is 261 g/mol. The Labute approximate surface area is 105 Å². The van der Waals surface area contributed by atoms with Gasteiger partial charge >= 0.3 is 0 Å². The minimum atomic E-state index is 0.665. The Morgan fingerprint density at radius 1 is 1.20 bits per heavy atom. The predicted octanol–water partition coefficient (Wildman–Crippen LogP) is 5.05. The average Bonchev–Trinajstić information content (AvgIpc) is 2.76. The molecule has 1 saturated carbocycles. The molecule has 0 unspecified atom stereocenters. The lowest BCUT2D eigenvalue weighted by atomic mass is 10.0. The SMILES string of the molecule is ClCc1ccc(CSC2CCCCC2)s1. The summed E-state index contributed by atoms with van der Waals surface area (Å²) >= 11 is 9.80. The van der Waals surface area contributed by atoms with Crippen LogP contribution in [0.15, 0.2) is 12.1 Å². The Morgan fingerprint density at radius 2 is 1.93 bits per heavy atom. The van der Waals surface area contributed by atoms with E-state index in [4.69, 9.17) is 11.6 Å². The molecule has 3 heteroatoms. The molecule has 1 fully saturated rings. The highest BCUT2D eigenvalue weighted by Crippen LogP contribution is 2.32. The lowest BCUT2D eigenvalue weighted by Crippen LogP contribution is -2.07. The molecular formula is C12H17ClS2. The molecule has 2 rings (SSSR count). The van der Waals surface area contributed by atoms with Crippen molar-refractivity contribution in [2.45, 2.75) is 49.0 Å². The van der Waals surface area contributed by atoms with Crippen LogP contribution < -0.4 is 0 Å². The summed E-state index contributed by atoms with van der Waals surface area (Å²) in [7, 11) is 0. The van der Waals surface area contributed by atoms with Crippen LogP contribution >= 0.6 is 34.7 Å². The number of alkyl halides is 1. The molecule has 15 heavy (non-hydrogen) atoms. The van der Waals surface area contributed by atoms with E-state index in [1.54, 1.807) is 0 Å². The number of halogens is 1. The maximum Gasteiger partial charge on any atom is 0.0568 e. The lowest BCUT2D eigenvalue weighted by Gasteiger charge is -2.20. The van der Waals surface area contributed by atoms with Crippen molar-refractivity contribution in [2.75, 3.05) is 0 Å². The highest BCUT2D eigenvalue weighted by molar-refractivity contribution is 7.99. The molecule has 0 amide bonds. The summed E-state index contributed by atoms with van der Waals surface area (Å²) in [6.45, 7) is 0. The highest BCUT2D eigenvalue weighted by atomic mass is 35.5. The maximum absolute atomic E-state index is 5.79. The fourth-order valence-corrected chi connectivity index (χ4v) is 4.52. The minimum absolute atomic E-state index is 0.665. The first-order valence-electron chi connectivity index (χ1n) is 5.63. The van der Waals surface area contributed by atoms with E-state index in [1.807, 2.05) is 11.3 Å². The second-order valence-electron chi connectivity index (χ2n) is 4.07. The van der Waals surface area contributed by atoms with Crippen LogP contribution in [0.2, 0.25) is 0 Å². The smallest absolute Gasteiger partial charge is 0.0568 e. The molecular weight excluding hydrogens is 244 g/mol. The number of thiophene rings is 1. The van der Waals surface area contributed by atoms with Crippen LogP contribution in [0, 0.1) is 0 Å². The third-order valence-corrected chi connectivity index (χ3v) is 6.00. The largest absolute Gasteiger partial charge is 0.153 e. The Hall–Kier alpha value is 0.340. The van der Waals surface area contributed by atoms with E-state index in [2.05, 4.69) is 23.9 Å². The molecule has 0 spiro atoms. The van der Waals surface area contributed by atoms with Crippen LogP contribution in [-0.2, 0) is 11.6 Å². The summed E-state index contributed by atoms with van der Waals surface area (Å²) in [5, 5.41) is 0.917. The third kappa shape index (κ3) is 3.69. The zero-order valence-electron chi connectivity index (χ0n) is 8.88. The molecule has 0 nitrogen and oxygen atoms in total. The first kappa shape index (κ1) is 11.8. The van der Waals surface area contributed by atoms with Crippen molar-refractivity contribution < 1.29 is 0 Å². The van der Waals surface area contributed by atoms with Gasteiger partial charge in [0.25, 0.3) is 0 Å². The van der Waals surface area contributed by atoms with Crippen molar-refractivity contribution in [3.63, 3.8) is 0 Å². The first-order valence-corrected chi connectivity index (χ1v) is 8.03. The summed E-state index contributed by atoms with van der Waals surface area (Å²) in [5.41, 5.74) is 0. The maximum atomic E-state index is 5.79. The fraction of sp³-hybridized carbons (Fsp3) is 0.667. The monoisotopic (exact) mass is 260 g/mol. The Balaban J connectivity index is 1.76. The summed E-state index contributed by atoms with van der Waals surface area (Å²) < 4.78 is 0. The number of thioether (sulfide) groups is 1. The molecule has 0 atom stereocenters. The third-order valence-electron chi connectivity index (χ3n) is 2.86. The van der Waals surface area contributed by atoms with Gasteiger partial charge in [0.2, 0.25) is 0 Å². The van der Waals surface area contributed by atoms with Crippen LogP contribution in [0.1, 0.15) is 41.9 Å². The van der Waals surface area contributed by atoms with E-state index in [0.717, 1.165) is 5.25 Å². The van der Waals surface area contributed by atoms with E-state index in [0.29, 0.717) is 5.88 Å². The molecule has 0 radical (unpaired) electrons. The number of rotatable bonds is 4. The highest BCUT2D eigenvalue weighted by Gasteiger charge is 2.13. The van der Waals surface area contributed by atoms with Crippen LogP contribution in [0.3, 0.4) is 0 Å². The van der Waals surface area contributed by atoms with Crippen LogP contribution in [-0.4, -0.2) is 5.25 Å². The Morgan fingerprint density at radius 3 is 2.60 bits per heavy atom. The van der Waals surface area contributed by atoms with Gasteiger partial charge in [0, 0.05) is 20.8 Å². The summed E-state index contributed by atoms with van der Waals surface area (Å²) in [4.78, 5) is 2.79. The van der Waals surface area contributed by atoms with E-state index >= 15 is 0 Å². The summed E-state index contributed by atoms with van der Waals surface area (Å²) in [6, 6.07) is 4.40. The van der Waals surface area contributed by atoms with Crippen molar-refractivity contribution in [1.29, 1.82) is 0 Å². The molecule has 0 saturated heterocycles. The normalized spacial score (nSPS) is 18.2. The fourth-order valence-electron chi connectivity index (χ4n) is 2.00. The molecule has 84 valence electrons. The second kappa shape index (κ2) is 6.17. The van der Waals surface area contributed by atoms with E-state index < -0.39 is 0 Å². The zero-order valence-corrected chi connectivity index (χ0v) is 11.3. The van der Waals surface area contributed by atoms with Gasteiger partial charge < -0.3 is 0 Å². The number of hydrogen-bond donors (Lipinski definition) is 0. The predicted molar refractivity (Wildman–Crippen MR) is 72.0 cm³/mol. The van der Waals surface area contributed by atoms with Gasteiger partial charge in [-0.25, -0.2) is 0 Å². The van der Waals surface area contributed by atoms with E-state index in [-0.39, 0.29) is 0 Å². The van der Waals surface area contributed by atoms with E-state index in [1.165, 1.54) is 47.6 Å². The molecule has 0 N–H and O–H groups in total. The summed E-state index contributed by atoms with van der Waals surface area (Å²) in [5.74, 6) is 1.85. The van der Waals surface area contributed by atoms with Crippen molar-refractivity contribution in [1.82, 2.24) is 0 Å². The van der Waals surface area contributed by atoms with Gasteiger partial charge in [0.1, 0.15) is 0 Å². The van der Waals surface area contributed by atoms with Crippen LogP contribution in [0.5, 0.6) is 0 Å². The lowest BCUT2D eigenvalue weighted by molar-refractivity contribution is 0.516. The van der Waals surface area contributed by atoms with Gasteiger partial charge in [-0.15, -0.1) is 22.9 Å². The Kier molecular flexibility index (Phi) is 4.86. The standard InChI is InChI=1S/C12H17ClS2/c13-8-11-6-7-12(15-11)9-14-10-4-2-1-3-5-10/h6-7,10H,1-5,8-9H2. The molecule has 0 aliphatic heterocycles. The summed E-state index contributed by atoms with van der Waals surface area (Å²) in [6.07, 6.45) is 7.19. The van der Waals surface area contributed by atoms with Crippen molar-refractivity contribution >= 4 is 34.7 Å². The van der Waals surface area contributed by atoms with Gasteiger partial charge in [-0.05, 0) is 25.0 Å². The van der Waals surface area contributed by atoms with Crippen LogP contribution in [0.25, 0.3) is 0 Å². The quantitative estimate of drug-likeness (QED) is 0.683. The van der Waals surface area contributed by atoms with Gasteiger partial charge in [-0.2, -0.15) is 11.8 Å². The van der Waals surface area contributed by atoms with Crippen molar-refractivity contribution in [2.24, 2.45) is 0 Å². The van der Waals surface area contributed by atoms with Crippen molar-refractivity contribution in [3.05, 3.63) is 21.9 Å². The molecule has 1 aliphatic carbocycles. The molecule has 1 aliphatic rings. The molecule has 0 aromatic carbocycles. The molecule has 1 aromatic rings. The first-order chi connectivity index (χ1) is 7.38. The molecule has 0 bridgehead atoms. The zero-order chi connectivity index (χ0) is 10.5. The van der Waals surface area contributed by atoms with Crippen LogP contribution in [0.4, 0.5) is 0 Å². The Bertz CT molecular complexity index is 290. The molecule has 1 aromatic heterocycles. The molecule has 1 heterocycles. The topological polar surface area (TPSA) is 0 Å². The van der Waals surface area contributed by atoms with Gasteiger partial charge in [-0.1, -0.05) is 19.3 Å². The minimum Gasteiger partial charge on any atom is -0.153 e.